The molecule has 0 radical (unpaired) electrons. The molecular weight excluding hydrogens is 332 g/mol. The van der Waals surface area contributed by atoms with Gasteiger partial charge < -0.3 is 4.74 Å². The highest BCUT2D eigenvalue weighted by molar-refractivity contribution is 5.35. The molecule has 1 fully saturated rings. The van der Waals surface area contributed by atoms with Crippen LogP contribution in [0.1, 0.15) is 35.1 Å². The lowest BCUT2D eigenvalue weighted by Gasteiger charge is -2.12. The van der Waals surface area contributed by atoms with Crippen LogP contribution in [0.5, 0.6) is 5.75 Å². The van der Waals surface area contributed by atoms with Crippen molar-refractivity contribution in [1.29, 1.82) is 5.26 Å². The monoisotopic (exact) mass is 354 g/mol. The van der Waals surface area contributed by atoms with Gasteiger partial charge in [-0.05, 0) is 35.2 Å². The predicted octanol–water partition coefficient (Wildman–Crippen LogP) is 4.98. The molecule has 27 heavy (non-hydrogen) atoms. The summed E-state index contributed by atoms with van der Waals surface area (Å²) in [5, 5.41) is 12.9. The van der Waals surface area contributed by atoms with Gasteiger partial charge in [0.25, 0.3) is 0 Å². The minimum absolute atomic E-state index is 0.255. The predicted molar refractivity (Wildman–Crippen MR) is 106 cm³/mol. The van der Waals surface area contributed by atoms with E-state index in [9.17, 15) is 5.26 Å². The molecule has 0 heterocycles. The summed E-state index contributed by atoms with van der Waals surface area (Å²) >= 11 is 0. The maximum atomic E-state index is 9.47. The fraction of sp³-hybridized carbons (Fsp3) is 0.208. The zero-order chi connectivity index (χ0) is 18.5. The smallest absolute Gasteiger partial charge is 0.121 e. The molecule has 1 unspecified atom stereocenters. The molecule has 1 N–H and O–H groups in total. The van der Waals surface area contributed by atoms with Crippen molar-refractivity contribution in [3.8, 4) is 11.8 Å². The van der Waals surface area contributed by atoms with E-state index in [1.807, 2.05) is 60.7 Å². The average Bonchev–Trinajstić information content (AvgIpc) is 3.51. The van der Waals surface area contributed by atoms with Gasteiger partial charge in [0.1, 0.15) is 18.4 Å². The van der Waals surface area contributed by atoms with Crippen LogP contribution in [0.25, 0.3) is 0 Å². The number of nitrogens with one attached hydrogen (secondary N) is 1. The van der Waals surface area contributed by atoms with Crippen molar-refractivity contribution in [2.45, 2.75) is 31.0 Å². The lowest BCUT2D eigenvalue weighted by Crippen LogP contribution is -2.23. The number of rotatable bonds is 7. The van der Waals surface area contributed by atoms with E-state index in [2.05, 4.69) is 35.7 Å². The number of ether oxygens (including phenoxy) is 1. The summed E-state index contributed by atoms with van der Waals surface area (Å²) in [5.41, 5.74) is 3.48. The standard InChI is InChI=1S/C24H22N2O/c25-16-24(20-9-5-2-6-10-20)26-23-15-22(23)19-11-13-21(14-12-19)27-17-18-7-3-1-4-8-18/h1-14,22-24,26H,15,17H2/t22-,23+,24?/m0/s1. The Labute approximate surface area is 160 Å². The van der Waals surface area contributed by atoms with Crippen molar-refractivity contribution in [3.63, 3.8) is 0 Å². The van der Waals surface area contributed by atoms with Gasteiger partial charge >= 0.3 is 0 Å². The second-order valence-electron chi connectivity index (χ2n) is 6.93. The van der Waals surface area contributed by atoms with E-state index in [0.29, 0.717) is 18.6 Å². The molecule has 3 aromatic carbocycles. The van der Waals surface area contributed by atoms with E-state index in [0.717, 1.165) is 23.3 Å². The molecule has 1 aliphatic carbocycles. The van der Waals surface area contributed by atoms with E-state index < -0.39 is 0 Å². The summed E-state index contributed by atoms with van der Waals surface area (Å²) in [7, 11) is 0. The number of nitrogens with zero attached hydrogens (tertiary/aromatic N) is 1. The lowest BCUT2D eigenvalue weighted by molar-refractivity contribution is 0.306. The highest BCUT2D eigenvalue weighted by Gasteiger charge is 2.39. The van der Waals surface area contributed by atoms with Crippen LogP contribution in [0, 0.1) is 11.3 Å². The lowest BCUT2D eigenvalue weighted by atomic mass is 10.1. The molecule has 3 atom stereocenters. The third kappa shape index (κ3) is 4.36. The molecule has 0 bridgehead atoms. The van der Waals surface area contributed by atoms with Gasteiger partial charge in [-0.25, -0.2) is 0 Å². The van der Waals surface area contributed by atoms with Crippen molar-refractivity contribution < 1.29 is 4.74 Å². The number of hydrogen-bond acceptors (Lipinski definition) is 3. The zero-order valence-electron chi connectivity index (χ0n) is 15.1. The van der Waals surface area contributed by atoms with Crippen LogP contribution in [0.4, 0.5) is 0 Å². The Morgan fingerprint density at radius 3 is 2.26 bits per heavy atom. The summed E-state index contributed by atoms with van der Waals surface area (Å²) in [6.45, 7) is 0.578. The topological polar surface area (TPSA) is 45.0 Å². The average molecular weight is 354 g/mol. The van der Waals surface area contributed by atoms with Gasteiger partial charge in [-0.1, -0.05) is 72.8 Å². The van der Waals surface area contributed by atoms with Crippen LogP contribution in [0.3, 0.4) is 0 Å². The van der Waals surface area contributed by atoms with E-state index in [4.69, 9.17) is 4.74 Å². The molecule has 0 aliphatic heterocycles. The Hall–Kier alpha value is -3.09. The fourth-order valence-corrected chi connectivity index (χ4v) is 3.37. The van der Waals surface area contributed by atoms with Gasteiger partial charge in [-0.2, -0.15) is 5.26 Å². The molecular formula is C24H22N2O. The first-order chi connectivity index (χ1) is 13.3. The minimum atomic E-state index is -0.255. The Kier molecular flexibility index (Phi) is 5.18. The van der Waals surface area contributed by atoms with Crippen LogP contribution in [-0.4, -0.2) is 6.04 Å². The van der Waals surface area contributed by atoms with Gasteiger partial charge in [-0.15, -0.1) is 0 Å². The highest BCUT2D eigenvalue weighted by Crippen LogP contribution is 2.42. The molecule has 3 aromatic rings. The van der Waals surface area contributed by atoms with Crippen LogP contribution in [0.15, 0.2) is 84.9 Å². The first kappa shape index (κ1) is 17.3. The zero-order valence-corrected chi connectivity index (χ0v) is 15.1. The Morgan fingerprint density at radius 1 is 0.926 bits per heavy atom. The number of nitriles is 1. The van der Waals surface area contributed by atoms with Gasteiger partial charge in [0, 0.05) is 12.0 Å². The highest BCUT2D eigenvalue weighted by atomic mass is 16.5. The van der Waals surface area contributed by atoms with Crippen LogP contribution < -0.4 is 10.1 Å². The molecule has 0 spiro atoms. The fourth-order valence-electron chi connectivity index (χ4n) is 3.37. The summed E-state index contributed by atoms with van der Waals surface area (Å²) in [6.07, 6.45) is 1.06. The van der Waals surface area contributed by atoms with Crippen LogP contribution >= 0.6 is 0 Å². The molecule has 0 saturated heterocycles. The summed E-state index contributed by atoms with van der Waals surface area (Å²) in [4.78, 5) is 0. The molecule has 1 aliphatic rings. The normalized spacial score (nSPS) is 19.1. The Balaban J connectivity index is 1.32. The Morgan fingerprint density at radius 2 is 1.59 bits per heavy atom. The quantitative estimate of drug-likeness (QED) is 0.651. The molecule has 4 rings (SSSR count). The van der Waals surface area contributed by atoms with E-state index in [1.165, 1.54) is 5.56 Å². The number of benzene rings is 3. The molecule has 3 heteroatoms. The number of hydrogen-bond donors (Lipinski definition) is 1. The third-order valence-corrected chi connectivity index (χ3v) is 4.99. The molecule has 0 amide bonds. The van der Waals surface area contributed by atoms with Crippen LogP contribution in [0.2, 0.25) is 0 Å². The second-order valence-corrected chi connectivity index (χ2v) is 6.93. The molecule has 1 saturated carbocycles. The molecule has 3 nitrogen and oxygen atoms in total. The summed E-state index contributed by atoms with van der Waals surface area (Å²) in [6, 6.07) is 30.9. The minimum Gasteiger partial charge on any atom is -0.489 e. The van der Waals surface area contributed by atoms with Crippen molar-refractivity contribution in [2.24, 2.45) is 0 Å². The van der Waals surface area contributed by atoms with Crippen molar-refractivity contribution in [2.75, 3.05) is 0 Å². The summed E-state index contributed by atoms with van der Waals surface area (Å²) in [5.74, 6) is 1.35. The van der Waals surface area contributed by atoms with Crippen LogP contribution in [-0.2, 0) is 6.61 Å². The third-order valence-electron chi connectivity index (χ3n) is 4.99. The van der Waals surface area contributed by atoms with Crippen molar-refractivity contribution >= 4 is 0 Å². The van der Waals surface area contributed by atoms with E-state index in [-0.39, 0.29) is 6.04 Å². The van der Waals surface area contributed by atoms with Crippen molar-refractivity contribution in [1.82, 2.24) is 5.32 Å². The molecule has 134 valence electrons. The van der Waals surface area contributed by atoms with E-state index >= 15 is 0 Å². The second kappa shape index (κ2) is 8.07. The van der Waals surface area contributed by atoms with Gasteiger partial charge in [0.15, 0.2) is 0 Å². The van der Waals surface area contributed by atoms with Gasteiger partial charge in [0.05, 0.1) is 6.07 Å². The van der Waals surface area contributed by atoms with E-state index in [1.54, 1.807) is 0 Å². The maximum absolute atomic E-state index is 9.47. The molecule has 0 aromatic heterocycles. The first-order valence-electron chi connectivity index (χ1n) is 9.31. The largest absolute Gasteiger partial charge is 0.489 e. The van der Waals surface area contributed by atoms with Gasteiger partial charge in [-0.3, -0.25) is 5.32 Å². The summed E-state index contributed by atoms with van der Waals surface area (Å²) < 4.78 is 5.86. The first-order valence-corrected chi connectivity index (χ1v) is 9.31. The SMILES string of the molecule is N#CC(N[C@@H]1C[C@H]1c1ccc(OCc2ccccc2)cc1)c1ccccc1. The van der Waals surface area contributed by atoms with Crippen molar-refractivity contribution in [3.05, 3.63) is 102 Å². The Bertz CT molecular complexity index is 901. The maximum Gasteiger partial charge on any atom is 0.121 e. The van der Waals surface area contributed by atoms with Gasteiger partial charge in [0.2, 0.25) is 0 Å².